The Morgan fingerprint density at radius 3 is 1.95 bits per heavy atom. The fourth-order valence-corrected chi connectivity index (χ4v) is 3.63. The van der Waals surface area contributed by atoms with Gasteiger partial charge < -0.3 is 0 Å². The first-order chi connectivity index (χ1) is 10.6. The van der Waals surface area contributed by atoms with E-state index in [9.17, 15) is 0 Å². The molecule has 0 radical (unpaired) electrons. The number of rotatable bonds is 5. The third kappa shape index (κ3) is 3.55. The molecule has 0 bridgehead atoms. The Labute approximate surface area is 140 Å². The molecule has 1 aliphatic rings. The highest BCUT2D eigenvalue weighted by molar-refractivity contribution is 6.30. The zero-order valence-corrected chi connectivity index (χ0v) is 15.1. The van der Waals surface area contributed by atoms with E-state index in [0.717, 1.165) is 37.1 Å². The summed E-state index contributed by atoms with van der Waals surface area (Å²) >= 11 is 6.05. The summed E-state index contributed by atoms with van der Waals surface area (Å²) in [6.45, 7) is 9.14. The summed E-state index contributed by atoms with van der Waals surface area (Å²) < 4.78 is 0. The van der Waals surface area contributed by atoms with E-state index in [4.69, 9.17) is 11.6 Å². The molecule has 0 aliphatic heterocycles. The van der Waals surface area contributed by atoms with Crippen LogP contribution in [0.3, 0.4) is 0 Å². The molecule has 1 aromatic carbocycles. The first kappa shape index (κ1) is 17.1. The van der Waals surface area contributed by atoms with Crippen LogP contribution in [0.5, 0.6) is 0 Å². The Bertz CT molecular complexity index is 612. The molecule has 1 heteroatoms. The summed E-state index contributed by atoms with van der Waals surface area (Å²) in [4.78, 5) is 0. The van der Waals surface area contributed by atoms with E-state index in [2.05, 4.69) is 45.9 Å². The molecule has 1 aromatic rings. The van der Waals surface area contributed by atoms with Crippen LogP contribution in [0.25, 0.3) is 5.57 Å². The fourth-order valence-electron chi connectivity index (χ4n) is 3.50. The van der Waals surface area contributed by atoms with Crippen LogP contribution in [-0.2, 0) is 0 Å². The van der Waals surface area contributed by atoms with Crippen LogP contribution in [0.4, 0.5) is 0 Å². The van der Waals surface area contributed by atoms with Gasteiger partial charge in [0.1, 0.15) is 0 Å². The summed E-state index contributed by atoms with van der Waals surface area (Å²) in [7, 11) is 0. The molecule has 0 atom stereocenters. The second kappa shape index (κ2) is 7.83. The second-order valence-corrected chi connectivity index (χ2v) is 6.29. The van der Waals surface area contributed by atoms with Crippen LogP contribution < -0.4 is 0 Å². The molecule has 2 rings (SSSR count). The summed E-state index contributed by atoms with van der Waals surface area (Å²) in [5.41, 5.74) is 9.01. The minimum atomic E-state index is 0.805. The quantitative estimate of drug-likeness (QED) is 0.532. The van der Waals surface area contributed by atoms with Crippen LogP contribution in [0.2, 0.25) is 5.02 Å². The van der Waals surface area contributed by atoms with Crippen molar-refractivity contribution in [1.29, 1.82) is 0 Å². The zero-order chi connectivity index (χ0) is 16.1. The molecular formula is C21H27Cl. The Morgan fingerprint density at radius 1 is 0.818 bits per heavy atom. The van der Waals surface area contributed by atoms with Crippen molar-refractivity contribution in [2.75, 3.05) is 0 Å². The molecule has 0 N–H and O–H groups in total. The molecule has 0 nitrogen and oxygen atoms in total. The largest absolute Gasteiger partial charge is 0.0843 e. The predicted octanol–water partition coefficient (Wildman–Crippen LogP) is 7.36. The minimum Gasteiger partial charge on any atom is -0.0843 e. The van der Waals surface area contributed by atoms with Gasteiger partial charge in [-0.3, -0.25) is 0 Å². The summed E-state index contributed by atoms with van der Waals surface area (Å²) in [5, 5.41) is 0.805. The van der Waals surface area contributed by atoms with E-state index >= 15 is 0 Å². The maximum Gasteiger partial charge on any atom is 0.0406 e. The van der Waals surface area contributed by atoms with Gasteiger partial charge in [0, 0.05) is 5.02 Å². The number of benzene rings is 1. The molecule has 0 heterocycles. The highest BCUT2D eigenvalue weighted by Gasteiger charge is 2.17. The third-order valence-corrected chi connectivity index (χ3v) is 4.91. The van der Waals surface area contributed by atoms with Crippen molar-refractivity contribution in [1.82, 2.24) is 0 Å². The lowest BCUT2D eigenvalue weighted by atomic mass is 9.90. The highest BCUT2D eigenvalue weighted by Crippen LogP contribution is 2.38. The lowest BCUT2D eigenvalue weighted by Gasteiger charge is -2.15. The molecule has 0 saturated heterocycles. The summed E-state index contributed by atoms with van der Waals surface area (Å²) in [6.07, 6.45) is 7.99. The van der Waals surface area contributed by atoms with Crippen molar-refractivity contribution in [2.45, 2.75) is 59.8 Å². The number of hydrogen-bond acceptors (Lipinski definition) is 0. The molecule has 1 aliphatic carbocycles. The van der Waals surface area contributed by atoms with E-state index in [-0.39, 0.29) is 0 Å². The maximum atomic E-state index is 6.05. The maximum absolute atomic E-state index is 6.05. The van der Waals surface area contributed by atoms with E-state index in [0.29, 0.717) is 0 Å². The first-order valence-electron chi connectivity index (χ1n) is 8.54. The van der Waals surface area contributed by atoms with E-state index in [1.54, 1.807) is 16.7 Å². The normalized spacial score (nSPS) is 16.0. The van der Waals surface area contributed by atoms with Gasteiger partial charge in [0.05, 0.1) is 0 Å². The standard InChI is InChI=1S/C21H27Cl/c1-5-15-13-18(17-9-11-19(22)12-10-17)14-16(6-2)21(8-4)20(15)7-3/h9-13H,5-8,14H2,1-4H3. The molecule has 0 saturated carbocycles. The van der Waals surface area contributed by atoms with Crippen LogP contribution in [0.15, 0.2) is 52.6 Å². The Kier molecular flexibility index (Phi) is 6.08. The minimum absolute atomic E-state index is 0.805. The van der Waals surface area contributed by atoms with Crippen molar-refractivity contribution >= 4 is 17.2 Å². The van der Waals surface area contributed by atoms with Crippen LogP contribution in [0.1, 0.15) is 65.4 Å². The van der Waals surface area contributed by atoms with Crippen molar-refractivity contribution in [3.8, 4) is 0 Å². The van der Waals surface area contributed by atoms with Crippen LogP contribution >= 0.6 is 11.6 Å². The average molecular weight is 315 g/mol. The monoisotopic (exact) mass is 314 g/mol. The van der Waals surface area contributed by atoms with Gasteiger partial charge in [-0.25, -0.2) is 0 Å². The van der Waals surface area contributed by atoms with Gasteiger partial charge in [0.25, 0.3) is 0 Å². The molecule has 0 spiro atoms. The van der Waals surface area contributed by atoms with Crippen molar-refractivity contribution < 1.29 is 0 Å². The van der Waals surface area contributed by atoms with Crippen molar-refractivity contribution in [2.24, 2.45) is 0 Å². The lowest BCUT2D eigenvalue weighted by molar-refractivity contribution is 0.923. The number of halogens is 1. The Hall–Kier alpha value is -1.27. The van der Waals surface area contributed by atoms with Gasteiger partial charge >= 0.3 is 0 Å². The zero-order valence-electron chi connectivity index (χ0n) is 14.3. The van der Waals surface area contributed by atoms with Crippen molar-refractivity contribution in [3.05, 3.63) is 63.2 Å². The average Bonchev–Trinajstić information content (AvgIpc) is 2.71. The van der Waals surface area contributed by atoms with Gasteiger partial charge in [-0.1, -0.05) is 63.1 Å². The van der Waals surface area contributed by atoms with Crippen molar-refractivity contribution in [3.63, 3.8) is 0 Å². The Morgan fingerprint density at radius 2 is 1.45 bits per heavy atom. The predicted molar refractivity (Wildman–Crippen MR) is 99.3 cm³/mol. The second-order valence-electron chi connectivity index (χ2n) is 5.85. The Balaban J connectivity index is 2.58. The first-order valence-corrected chi connectivity index (χ1v) is 8.92. The van der Waals surface area contributed by atoms with E-state index in [1.165, 1.54) is 16.7 Å². The molecule has 0 amide bonds. The third-order valence-electron chi connectivity index (χ3n) is 4.66. The summed E-state index contributed by atoms with van der Waals surface area (Å²) in [5.74, 6) is 0. The molecule has 0 unspecified atom stereocenters. The van der Waals surface area contributed by atoms with Gasteiger partial charge in [-0.05, 0) is 72.1 Å². The number of hydrogen-bond donors (Lipinski definition) is 0. The lowest BCUT2D eigenvalue weighted by Crippen LogP contribution is -1.96. The molecule has 0 aromatic heterocycles. The van der Waals surface area contributed by atoms with Gasteiger partial charge in [-0.15, -0.1) is 0 Å². The molecule has 118 valence electrons. The summed E-state index contributed by atoms with van der Waals surface area (Å²) in [6, 6.07) is 8.29. The van der Waals surface area contributed by atoms with Gasteiger partial charge in [-0.2, -0.15) is 0 Å². The molecule has 0 fully saturated rings. The van der Waals surface area contributed by atoms with Crippen LogP contribution in [-0.4, -0.2) is 0 Å². The van der Waals surface area contributed by atoms with E-state index in [1.807, 2.05) is 12.1 Å². The fraction of sp³-hybridized carbons (Fsp3) is 0.429. The molecular weight excluding hydrogens is 288 g/mol. The smallest absolute Gasteiger partial charge is 0.0406 e. The van der Waals surface area contributed by atoms with Crippen LogP contribution in [0, 0.1) is 0 Å². The van der Waals surface area contributed by atoms with Gasteiger partial charge in [0.15, 0.2) is 0 Å². The highest BCUT2D eigenvalue weighted by atomic mass is 35.5. The van der Waals surface area contributed by atoms with Gasteiger partial charge in [0.2, 0.25) is 0 Å². The van der Waals surface area contributed by atoms with E-state index < -0.39 is 0 Å². The topological polar surface area (TPSA) is 0 Å². The number of allylic oxidation sites excluding steroid dienone is 6. The molecule has 22 heavy (non-hydrogen) atoms. The SMILES string of the molecule is CCC1=C(CC)C(CC)=C(CC)CC(c2ccc(Cl)cc2)=C1.